The number of carbonyl (C=O) groups excluding carboxylic acids is 1. The van der Waals surface area contributed by atoms with Gasteiger partial charge in [-0.3, -0.25) is 4.79 Å². The van der Waals surface area contributed by atoms with Gasteiger partial charge in [-0.1, -0.05) is 54.1 Å². The molecule has 4 aromatic rings. The van der Waals surface area contributed by atoms with Gasteiger partial charge in [0.15, 0.2) is 5.03 Å². The summed E-state index contributed by atoms with van der Waals surface area (Å²) >= 11 is 0. The van der Waals surface area contributed by atoms with E-state index in [1.807, 2.05) is 63.2 Å². The highest BCUT2D eigenvalue weighted by Gasteiger charge is 2.24. The highest BCUT2D eigenvalue weighted by molar-refractivity contribution is 7.90. The van der Waals surface area contributed by atoms with E-state index in [9.17, 15) is 13.2 Å². The molecule has 0 saturated heterocycles. The molecule has 9 heteroatoms. The Hall–Kier alpha value is -4.24. The molecule has 0 saturated carbocycles. The van der Waals surface area contributed by atoms with Crippen molar-refractivity contribution in [1.82, 2.24) is 14.7 Å². The van der Waals surface area contributed by atoms with Crippen LogP contribution in [0.3, 0.4) is 0 Å². The number of benzene rings is 2. The van der Waals surface area contributed by atoms with Gasteiger partial charge in [0, 0.05) is 6.20 Å². The third-order valence-electron chi connectivity index (χ3n) is 5.45. The summed E-state index contributed by atoms with van der Waals surface area (Å²) in [7, 11) is -4.29. The highest BCUT2D eigenvalue weighted by atomic mass is 32.2. The fraction of sp³-hybridized carbons (Fsp3) is 0.148. The van der Waals surface area contributed by atoms with Crippen LogP contribution in [0.5, 0.6) is 11.6 Å². The van der Waals surface area contributed by atoms with Crippen molar-refractivity contribution >= 4 is 21.7 Å². The number of pyridine rings is 2. The lowest BCUT2D eigenvalue weighted by Gasteiger charge is -2.16. The van der Waals surface area contributed by atoms with E-state index in [0.29, 0.717) is 12.2 Å². The highest BCUT2D eigenvalue weighted by Crippen LogP contribution is 2.31. The number of rotatable bonds is 7. The number of anilines is 1. The number of carbonyl (C=O) groups is 1. The molecule has 3 N–H and O–H groups in total. The Bertz CT molecular complexity index is 1510. The molecule has 1 amide bonds. The minimum atomic E-state index is -4.29. The Balaban J connectivity index is 1.73. The lowest BCUT2D eigenvalue weighted by atomic mass is 10.0. The lowest BCUT2D eigenvalue weighted by Crippen LogP contribution is -2.31. The van der Waals surface area contributed by atoms with Crippen LogP contribution in [0.15, 0.2) is 78.0 Å². The molecule has 0 atom stereocenters. The second-order valence-electron chi connectivity index (χ2n) is 8.52. The van der Waals surface area contributed by atoms with Crippen LogP contribution in [-0.2, 0) is 16.4 Å². The number of ether oxygens (including phenoxy) is 1. The zero-order valence-corrected chi connectivity index (χ0v) is 21.0. The molecule has 8 nitrogen and oxygen atoms in total. The summed E-state index contributed by atoms with van der Waals surface area (Å²) in [5.74, 6) is -0.321. The number of nitrogen functional groups attached to an aromatic ring is 1. The first-order valence-electron chi connectivity index (χ1n) is 11.2. The first-order valence-corrected chi connectivity index (χ1v) is 12.7. The van der Waals surface area contributed by atoms with Gasteiger partial charge in [-0.05, 0) is 67.6 Å². The summed E-state index contributed by atoms with van der Waals surface area (Å²) in [5.41, 5.74) is 10.1. The fourth-order valence-electron chi connectivity index (χ4n) is 3.90. The predicted molar refractivity (Wildman–Crippen MR) is 138 cm³/mol. The maximum atomic E-state index is 13.3. The van der Waals surface area contributed by atoms with Crippen LogP contribution in [0.4, 0.5) is 5.82 Å². The third-order valence-corrected chi connectivity index (χ3v) is 6.69. The van der Waals surface area contributed by atoms with Crippen molar-refractivity contribution in [3.05, 3.63) is 106 Å². The number of nitrogens with two attached hydrogens (primary N) is 1. The first kappa shape index (κ1) is 24.9. The van der Waals surface area contributed by atoms with Crippen molar-refractivity contribution in [2.75, 3.05) is 5.73 Å². The van der Waals surface area contributed by atoms with Gasteiger partial charge in [-0.15, -0.1) is 0 Å². The molecule has 0 unspecified atom stereocenters. The molecule has 0 fully saturated rings. The van der Waals surface area contributed by atoms with Gasteiger partial charge in [-0.2, -0.15) is 8.42 Å². The van der Waals surface area contributed by atoms with Crippen molar-refractivity contribution in [1.29, 1.82) is 0 Å². The van der Waals surface area contributed by atoms with E-state index < -0.39 is 15.9 Å². The van der Waals surface area contributed by atoms with Crippen LogP contribution in [0.25, 0.3) is 0 Å². The average Bonchev–Trinajstić information content (AvgIpc) is 2.82. The topological polar surface area (TPSA) is 124 Å². The number of aromatic nitrogens is 2. The maximum Gasteiger partial charge on any atom is 0.281 e. The van der Waals surface area contributed by atoms with Gasteiger partial charge in [0.05, 0.1) is 0 Å². The molecule has 0 aliphatic rings. The first-order chi connectivity index (χ1) is 17.1. The van der Waals surface area contributed by atoms with Crippen LogP contribution >= 0.6 is 0 Å². The van der Waals surface area contributed by atoms with Gasteiger partial charge < -0.3 is 10.5 Å². The van der Waals surface area contributed by atoms with Gasteiger partial charge in [-0.25, -0.2) is 14.7 Å². The Morgan fingerprint density at radius 2 is 1.64 bits per heavy atom. The molecule has 0 aliphatic carbocycles. The van der Waals surface area contributed by atoms with Gasteiger partial charge in [0.2, 0.25) is 5.88 Å². The molecule has 0 spiro atoms. The van der Waals surface area contributed by atoms with Gasteiger partial charge in [0.1, 0.15) is 17.1 Å². The monoisotopic (exact) mass is 502 g/mol. The normalized spacial score (nSPS) is 11.2. The molecule has 2 aromatic heterocycles. The number of sulfonamides is 1. The van der Waals surface area contributed by atoms with Crippen LogP contribution in [0.1, 0.15) is 38.2 Å². The minimum Gasteiger partial charge on any atom is -0.438 e. The van der Waals surface area contributed by atoms with Crippen LogP contribution in [0.2, 0.25) is 0 Å². The third kappa shape index (κ3) is 5.69. The number of hydrogen-bond donors (Lipinski definition) is 2. The molecule has 184 valence electrons. The Kier molecular flexibility index (Phi) is 7.03. The summed E-state index contributed by atoms with van der Waals surface area (Å²) in [6, 6.07) is 19.3. The number of hydrogen-bond acceptors (Lipinski definition) is 7. The molecule has 4 rings (SSSR count). The summed E-state index contributed by atoms with van der Waals surface area (Å²) < 4.78 is 33.9. The van der Waals surface area contributed by atoms with E-state index in [1.54, 1.807) is 12.3 Å². The van der Waals surface area contributed by atoms with Crippen molar-refractivity contribution in [3.8, 4) is 11.6 Å². The van der Waals surface area contributed by atoms with Crippen LogP contribution in [0, 0.1) is 20.8 Å². The second-order valence-corrected chi connectivity index (χ2v) is 10.2. The van der Waals surface area contributed by atoms with E-state index in [0.717, 1.165) is 27.8 Å². The Labute approximate surface area is 210 Å². The quantitative estimate of drug-likeness (QED) is 0.382. The molecule has 0 aliphatic heterocycles. The van der Waals surface area contributed by atoms with E-state index in [4.69, 9.17) is 10.5 Å². The molecule has 2 heterocycles. The summed E-state index contributed by atoms with van der Waals surface area (Å²) in [6.45, 7) is 5.78. The molecule has 2 aromatic carbocycles. The largest absolute Gasteiger partial charge is 0.438 e. The SMILES string of the molecule is Cc1cc(C)c(Oc2ncc(Cc3ccccc3)cc2C(=O)NS(=O)(=O)c2cccc(N)n2)c(C)c1. The van der Waals surface area contributed by atoms with Crippen molar-refractivity contribution in [2.24, 2.45) is 0 Å². The average molecular weight is 503 g/mol. The second kappa shape index (κ2) is 10.2. The molecule has 36 heavy (non-hydrogen) atoms. The summed E-state index contributed by atoms with van der Waals surface area (Å²) in [6.07, 6.45) is 2.12. The fourth-order valence-corrected chi connectivity index (χ4v) is 4.84. The van der Waals surface area contributed by atoms with E-state index >= 15 is 0 Å². The number of nitrogens with one attached hydrogen (secondary N) is 1. The molecule has 0 bridgehead atoms. The Morgan fingerprint density at radius 1 is 0.944 bits per heavy atom. The molecular weight excluding hydrogens is 476 g/mol. The van der Waals surface area contributed by atoms with Crippen LogP contribution < -0.4 is 15.2 Å². The molecule has 0 radical (unpaired) electrons. The van der Waals surface area contributed by atoms with E-state index in [1.165, 1.54) is 18.2 Å². The van der Waals surface area contributed by atoms with Crippen molar-refractivity contribution in [2.45, 2.75) is 32.2 Å². The number of aryl methyl sites for hydroxylation is 3. The predicted octanol–water partition coefficient (Wildman–Crippen LogP) is 4.49. The lowest BCUT2D eigenvalue weighted by molar-refractivity contribution is 0.0978. The minimum absolute atomic E-state index is 0.00454. The van der Waals surface area contributed by atoms with E-state index in [-0.39, 0.29) is 22.3 Å². The zero-order valence-electron chi connectivity index (χ0n) is 20.1. The molecular formula is C27H26N4O4S. The van der Waals surface area contributed by atoms with Crippen LogP contribution in [-0.4, -0.2) is 24.3 Å². The Morgan fingerprint density at radius 3 is 2.31 bits per heavy atom. The zero-order chi connectivity index (χ0) is 25.9. The van der Waals surface area contributed by atoms with Gasteiger partial charge in [0.25, 0.3) is 15.9 Å². The standard InChI is InChI=1S/C27H26N4O4S/c1-17-12-18(2)25(19(3)13-17)35-27-22(15-21(16-29-27)14-20-8-5-4-6-9-20)26(32)31-36(33,34)24-11-7-10-23(28)30-24/h4-13,15-16H,14H2,1-3H3,(H2,28,30)(H,31,32). The smallest absolute Gasteiger partial charge is 0.281 e. The van der Waals surface area contributed by atoms with Crippen molar-refractivity contribution < 1.29 is 17.9 Å². The number of amides is 1. The van der Waals surface area contributed by atoms with E-state index in [2.05, 4.69) is 14.7 Å². The van der Waals surface area contributed by atoms with Gasteiger partial charge >= 0.3 is 0 Å². The maximum absolute atomic E-state index is 13.3. The van der Waals surface area contributed by atoms with Crippen molar-refractivity contribution in [3.63, 3.8) is 0 Å². The summed E-state index contributed by atoms with van der Waals surface area (Å²) in [5, 5.41) is -0.364. The summed E-state index contributed by atoms with van der Waals surface area (Å²) in [4.78, 5) is 21.5. The number of nitrogens with zero attached hydrogens (tertiary/aromatic N) is 2.